The van der Waals surface area contributed by atoms with E-state index in [1.807, 2.05) is 109 Å². The quantitative estimate of drug-likeness (QED) is 0.0250. The van der Waals surface area contributed by atoms with Crippen molar-refractivity contribution in [1.29, 1.82) is 0 Å². The van der Waals surface area contributed by atoms with Crippen molar-refractivity contribution in [3.8, 4) is 0 Å². The zero-order chi connectivity index (χ0) is 49.0. The number of methoxy groups -OCH3 is 2. The predicted octanol–water partition coefficient (Wildman–Crippen LogP) is 6.81. The minimum atomic E-state index is -0.922. The van der Waals surface area contributed by atoms with Gasteiger partial charge >= 0.3 is 5.97 Å². The Balaban J connectivity index is 1.78. The van der Waals surface area contributed by atoms with E-state index in [1.54, 1.807) is 19.2 Å². The highest BCUT2D eigenvalue weighted by atomic mass is 16.6. The molecule has 2 aromatic rings. The summed E-state index contributed by atoms with van der Waals surface area (Å²) < 4.78 is 16.9. The van der Waals surface area contributed by atoms with Crippen LogP contribution < -0.4 is 38.1 Å². The molecule has 0 spiro atoms. The number of ether oxygens (including phenoxy) is 3. The van der Waals surface area contributed by atoms with Crippen LogP contribution in [0.3, 0.4) is 0 Å². The number of benzene rings is 2. The van der Waals surface area contributed by atoms with E-state index in [9.17, 15) is 9.59 Å². The third-order valence-electron chi connectivity index (χ3n) is 13.0. The number of para-hydroxylation sites is 1. The number of amides is 2. The van der Waals surface area contributed by atoms with Crippen LogP contribution in [0.5, 0.6) is 0 Å². The van der Waals surface area contributed by atoms with E-state index in [4.69, 9.17) is 30.6 Å². The summed E-state index contributed by atoms with van der Waals surface area (Å²) in [5.41, 5.74) is 16.3. The smallest absolute Gasteiger partial charge is 0.324 e. The van der Waals surface area contributed by atoms with E-state index in [2.05, 4.69) is 49.3 Å². The monoisotopic (exact) mass is 909 g/mol. The molecular weight excluding hydrogens is 825 g/mol. The van der Waals surface area contributed by atoms with Gasteiger partial charge < -0.3 is 35.2 Å². The van der Waals surface area contributed by atoms with E-state index in [0.717, 1.165) is 30.4 Å². The summed E-state index contributed by atoms with van der Waals surface area (Å²) in [4.78, 5) is 48.9. The first-order valence-corrected chi connectivity index (χ1v) is 23.0. The predicted molar refractivity (Wildman–Crippen MR) is 260 cm³/mol. The highest BCUT2D eigenvalue weighted by Crippen LogP contribution is 2.45. The summed E-state index contributed by atoms with van der Waals surface area (Å²) in [5, 5.41) is 4.92. The van der Waals surface area contributed by atoms with Crippen molar-refractivity contribution in [2.24, 2.45) is 27.8 Å². The molecule has 15 heteroatoms. The minimum Gasteiger partial charge on any atom is -0.468 e. The number of carbonyl (C=O) groups excluding carboxylic acids is 3. The maximum absolute atomic E-state index is 15.1. The average molecular weight is 909 g/mol. The van der Waals surface area contributed by atoms with Crippen LogP contribution >= 0.6 is 0 Å². The number of hydrogen-bond donors (Lipinski definition) is 6. The molecule has 0 saturated heterocycles. The van der Waals surface area contributed by atoms with Crippen molar-refractivity contribution >= 4 is 34.9 Å². The molecule has 15 nitrogen and oxygen atoms in total. The fraction of sp³-hybridized carbons (Fsp3) is 0.660. The summed E-state index contributed by atoms with van der Waals surface area (Å²) in [6, 6.07) is 15.0. The Bertz CT molecular complexity index is 1930. The number of fused-ring (bicyclic) bond motifs is 2. The second kappa shape index (κ2) is 23.1. The van der Waals surface area contributed by atoms with Crippen molar-refractivity contribution < 1.29 is 33.4 Å². The van der Waals surface area contributed by atoms with Crippen molar-refractivity contribution in [3.05, 3.63) is 65.2 Å². The van der Waals surface area contributed by atoms with E-state index in [0.29, 0.717) is 55.1 Å². The first-order valence-electron chi connectivity index (χ1n) is 23.0. The molecule has 366 valence electrons. The van der Waals surface area contributed by atoms with Crippen LogP contribution in [-0.2, 0) is 40.0 Å². The molecule has 2 amide bonds. The van der Waals surface area contributed by atoms with Gasteiger partial charge in [-0.15, -0.1) is 0 Å². The highest BCUT2D eigenvalue weighted by Gasteiger charge is 2.46. The van der Waals surface area contributed by atoms with Gasteiger partial charge in [0.05, 0.1) is 61.7 Å². The zero-order valence-electron chi connectivity index (χ0n) is 42.4. The molecule has 1 heterocycles. The first-order chi connectivity index (χ1) is 30.2. The number of carbonyl (C=O) groups is 3. The van der Waals surface area contributed by atoms with Crippen molar-refractivity contribution in [3.63, 3.8) is 0 Å². The maximum atomic E-state index is 15.1. The average Bonchev–Trinajstić information content (AvgIpc) is 3.21. The van der Waals surface area contributed by atoms with E-state index in [1.165, 1.54) is 7.11 Å². The van der Waals surface area contributed by atoms with Gasteiger partial charge in [-0.2, -0.15) is 0 Å². The van der Waals surface area contributed by atoms with E-state index < -0.39 is 28.0 Å². The van der Waals surface area contributed by atoms with Gasteiger partial charge in [-0.3, -0.25) is 24.6 Å². The summed E-state index contributed by atoms with van der Waals surface area (Å²) in [5.74, 6) is 6.34. The second-order valence-electron chi connectivity index (χ2n) is 21.1. The standard InChI is InChI=1S/C50H84N8O7/c1-45(2,33-47(5,6)50(11,12)64-30-27-49(9,10)63-15)43(60)55-48(7,8)34-46(3,4)44(61)57-32-35-22-16-17-23-36(35)40(51)41(37-24-18-19-26-39(37)57)58(52)29-31-65-54-28-21-20-25-38(56-53-13)42(59)62-14/h16-19,22-24,26,38,53-54,56H,20-21,25,27-34,51-52H2,1-15H3,(H,55,60)/b41-40-. The van der Waals surface area contributed by atoms with E-state index >= 15 is 4.79 Å². The number of hydrogen-bond acceptors (Lipinski definition) is 13. The van der Waals surface area contributed by atoms with Crippen LogP contribution in [0.2, 0.25) is 0 Å². The van der Waals surface area contributed by atoms with Crippen molar-refractivity contribution in [2.45, 2.75) is 151 Å². The van der Waals surface area contributed by atoms with Gasteiger partial charge in [0.2, 0.25) is 11.8 Å². The minimum absolute atomic E-state index is 0.0837. The maximum Gasteiger partial charge on any atom is 0.324 e. The normalized spacial score (nSPS) is 15.7. The van der Waals surface area contributed by atoms with Crippen LogP contribution in [-0.4, -0.2) is 93.1 Å². The summed E-state index contributed by atoms with van der Waals surface area (Å²) >= 11 is 0. The number of anilines is 1. The Morgan fingerprint density at radius 2 is 1.46 bits per heavy atom. The number of hydroxylamine groups is 1. The number of hydrazine groups is 2. The number of nitrogens with one attached hydrogen (secondary N) is 4. The van der Waals surface area contributed by atoms with Gasteiger partial charge in [0.1, 0.15) is 6.04 Å². The molecule has 65 heavy (non-hydrogen) atoms. The molecule has 3 rings (SSSR count). The molecule has 8 N–H and O–H groups in total. The molecule has 0 radical (unpaired) electrons. The molecule has 1 aliphatic rings. The van der Waals surface area contributed by atoms with Crippen LogP contribution in [0.4, 0.5) is 5.69 Å². The number of nitrogens with two attached hydrogens (primary N) is 2. The second-order valence-corrected chi connectivity index (χ2v) is 21.1. The van der Waals surface area contributed by atoms with Crippen LogP contribution in [0.15, 0.2) is 48.5 Å². The SMILES string of the molecule is CNNC(CCCCNOCCN(N)/C1=C(\N)c2ccccc2CN(C(=O)C(C)(C)CC(C)(C)NC(=O)C(C)(C)CC(C)(C)C(C)(C)OCCC(C)(C)OC)c2ccccc21)C(=O)OC. The lowest BCUT2D eigenvalue weighted by molar-refractivity contribution is -0.144. The van der Waals surface area contributed by atoms with Gasteiger partial charge in [0, 0.05) is 41.2 Å². The Labute approximate surface area is 390 Å². The Morgan fingerprint density at radius 1 is 0.831 bits per heavy atom. The number of esters is 1. The van der Waals surface area contributed by atoms with Crippen molar-refractivity contribution in [2.75, 3.05) is 52.5 Å². The highest BCUT2D eigenvalue weighted by molar-refractivity contribution is 6.03. The van der Waals surface area contributed by atoms with Gasteiger partial charge in [0.15, 0.2) is 0 Å². The number of nitrogens with zero attached hydrogens (tertiary/aromatic N) is 2. The lowest BCUT2D eigenvalue weighted by Gasteiger charge is -2.46. The molecule has 1 unspecified atom stereocenters. The summed E-state index contributed by atoms with van der Waals surface area (Å²) in [6.07, 6.45) is 3.84. The molecular formula is C50H84N8O7. The first kappa shape index (κ1) is 55.2. The lowest BCUT2D eigenvalue weighted by Crippen LogP contribution is -2.55. The topological polar surface area (TPSA) is 195 Å². The Kier molecular flexibility index (Phi) is 19.6. The molecule has 1 atom stereocenters. The van der Waals surface area contributed by atoms with Crippen LogP contribution in [0.1, 0.15) is 138 Å². The fourth-order valence-electron chi connectivity index (χ4n) is 8.67. The molecule has 0 aromatic heterocycles. The van der Waals surface area contributed by atoms with Crippen LogP contribution in [0, 0.1) is 16.2 Å². The molecule has 0 bridgehead atoms. The summed E-state index contributed by atoms with van der Waals surface area (Å²) in [6.45, 7) is 26.3. The Hall–Kier alpha value is -4.09. The third-order valence-corrected chi connectivity index (χ3v) is 13.0. The molecule has 0 aliphatic carbocycles. The lowest BCUT2D eigenvalue weighted by atomic mass is 9.66. The van der Waals surface area contributed by atoms with Crippen LogP contribution in [0.25, 0.3) is 11.4 Å². The number of rotatable bonds is 26. The largest absolute Gasteiger partial charge is 0.468 e. The molecule has 0 saturated carbocycles. The fourth-order valence-corrected chi connectivity index (χ4v) is 8.67. The van der Waals surface area contributed by atoms with Gasteiger partial charge in [0.25, 0.3) is 0 Å². The van der Waals surface area contributed by atoms with Gasteiger partial charge in [-0.25, -0.2) is 16.7 Å². The number of unbranched alkanes of at least 4 members (excludes halogenated alkanes) is 1. The van der Waals surface area contributed by atoms with Gasteiger partial charge in [-0.05, 0) is 104 Å². The molecule has 1 aliphatic heterocycles. The third kappa shape index (κ3) is 15.2. The van der Waals surface area contributed by atoms with Crippen molar-refractivity contribution in [1.82, 2.24) is 26.7 Å². The Morgan fingerprint density at radius 3 is 2.09 bits per heavy atom. The van der Waals surface area contributed by atoms with Gasteiger partial charge in [-0.1, -0.05) is 84.0 Å². The molecule has 2 aromatic carbocycles. The zero-order valence-corrected chi connectivity index (χ0v) is 42.4. The molecule has 0 fully saturated rings. The van der Waals surface area contributed by atoms with E-state index in [-0.39, 0.29) is 48.5 Å². The summed E-state index contributed by atoms with van der Waals surface area (Å²) in [7, 11) is 4.79.